The number of carboxylic acids is 1. The average Bonchev–Trinajstić information content (AvgIpc) is 2.38. The fourth-order valence-corrected chi connectivity index (χ4v) is 2.43. The first kappa shape index (κ1) is 13.4. The summed E-state index contributed by atoms with van der Waals surface area (Å²) in [5.41, 5.74) is 0.606. The number of methoxy groups -OCH3 is 1. The quantitative estimate of drug-likeness (QED) is 0.865. The molecular weight excluding hydrogens is 264 g/mol. The van der Waals surface area contributed by atoms with Gasteiger partial charge in [0.25, 0.3) is 0 Å². The van der Waals surface area contributed by atoms with E-state index in [9.17, 15) is 4.79 Å². The third-order valence-corrected chi connectivity index (χ3v) is 3.25. The standard InChI is InChI=1S/C13H12N2O3S/c1-8-7-9(12(16)17)15-13(14-8)19-11-6-4-3-5-10(11)18-2/h3-7H,1-2H3,(H,16,17). The molecule has 1 aromatic carbocycles. The second-order valence-electron chi connectivity index (χ2n) is 3.74. The molecule has 0 atom stereocenters. The van der Waals surface area contributed by atoms with Crippen LogP contribution in [0.1, 0.15) is 16.2 Å². The van der Waals surface area contributed by atoms with Gasteiger partial charge in [0.1, 0.15) is 5.75 Å². The average molecular weight is 276 g/mol. The highest BCUT2D eigenvalue weighted by Gasteiger charge is 2.11. The van der Waals surface area contributed by atoms with Crippen LogP contribution in [0.2, 0.25) is 0 Å². The lowest BCUT2D eigenvalue weighted by Crippen LogP contribution is -2.03. The molecular formula is C13H12N2O3S. The molecule has 0 aliphatic rings. The van der Waals surface area contributed by atoms with Crippen molar-refractivity contribution in [1.29, 1.82) is 0 Å². The van der Waals surface area contributed by atoms with E-state index in [2.05, 4.69) is 9.97 Å². The number of benzene rings is 1. The molecule has 1 heterocycles. The lowest BCUT2D eigenvalue weighted by Gasteiger charge is -2.07. The molecule has 1 N–H and O–H groups in total. The fourth-order valence-electron chi connectivity index (χ4n) is 1.50. The molecule has 1 aromatic heterocycles. The van der Waals surface area contributed by atoms with Crippen LogP contribution in [0.15, 0.2) is 40.4 Å². The van der Waals surface area contributed by atoms with E-state index in [4.69, 9.17) is 9.84 Å². The van der Waals surface area contributed by atoms with Gasteiger partial charge in [0, 0.05) is 5.69 Å². The Morgan fingerprint density at radius 2 is 2.05 bits per heavy atom. The predicted molar refractivity (Wildman–Crippen MR) is 70.8 cm³/mol. The summed E-state index contributed by atoms with van der Waals surface area (Å²) >= 11 is 1.27. The summed E-state index contributed by atoms with van der Waals surface area (Å²) in [4.78, 5) is 20.0. The molecule has 0 radical (unpaired) electrons. The van der Waals surface area contributed by atoms with Crippen LogP contribution < -0.4 is 4.74 Å². The molecule has 0 saturated heterocycles. The van der Waals surface area contributed by atoms with E-state index in [1.54, 1.807) is 14.0 Å². The first-order valence-corrected chi connectivity index (χ1v) is 6.31. The summed E-state index contributed by atoms with van der Waals surface area (Å²) in [7, 11) is 1.58. The summed E-state index contributed by atoms with van der Waals surface area (Å²) in [6.45, 7) is 1.74. The van der Waals surface area contributed by atoms with E-state index in [-0.39, 0.29) is 5.69 Å². The second-order valence-corrected chi connectivity index (χ2v) is 4.74. The molecule has 0 unspecified atom stereocenters. The van der Waals surface area contributed by atoms with Crippen LogP contribution in [-0.2, 0) is 0 Å². The van der Waals surface area contributed by atoms with E-state index < -0.39 is 5.97 Å². The molecule has 0 aliphatic carbocycles. The van der Waals surface area contributed by atoms with Gasteiger partial charge in [-0.2, -0.15) is 0 Å². The van der Waals surface area contributed by atoms with Gasteiger partial charge in [-0.05, 0) is 36.9 Å². The second kappa shape index (κ2) is 5.71. The number of aryl methyl sites for hydroxylation is 1. The summed E-state index contributed by atoms with van der Waals surface area (Å²) in [5.74, 6) is -0.359. The number of aromatic nitrogens is 2. The first-order valence-electron chi connectivity index (χ1n) is 5.50. The maximum atomic E-state index is 11.0. The van der Waals surface area contributed by atoms with Crippen molar-refractivity contribution in [2.45, 2.75) is 17.0 Å². The van der Waals surface area contributed by atoms with Gasteiger partial charge < -0.3 is 9.84 Å². The van der Waals surface area contributed by atoms with Crippen molar-refractivity contribution in [3.63, 3.8) is 0 Å². The number of carboxylic acid groups (broad SMARTS) is 1. The van der Waals surface area contributed by atoms with Gasteiger partial charge in [-0.25, -0.2) is 14.8 Å². The monoisotopic (exact) mass is 276 g/mol. The number of para-hydroxylation sites is 1. The SMILES string of the molecule is COc1ccccc1Sc1nc(C)cc(C(=O)O)n1. The third-order valence-electron chi connectivity index (χ3n) is 2.32. The zero-order valence-electron chi connectivity index (χ0n) is 10.5. The molecule has 2 rings (SSSR count). The smallest absolute Gasteiger partial charge is 0.354 e. The molecule has 0 fully saturated rings. The minimum absolute atomic E-state index is 0.00935. The number of rotatable bonds is 4. The van der Waals surface area contributed by atoms with Gasteiger partial charge in [0.2, 0.25) is 0 Å². The number of aromatic carboxylic acids is 1. The zero-order valence-corrected chi connectivity index (χ0v) is 11.3. The van der Waals surface area contributed by atoms with Crippen LogP contribution in [0.5, 0.6) is 5.75 Å². The fraction of sp³-hybridized carbons (Fsp3) is 0.154. The van der Waals surface area contributed by atoms with E-state index in [1.165, 1.54) is 17.8 Å². The number of nitrogens with zero attached hydrogens (tertiary/aromatic N) is 2. The Bertz CT molecular complexity index is 617. The lowest BCUT2D eigenvalue weighted by molar-refractivity contribution is 0.0689. The highest BCUT2D eigenvalue weighted by atomic mass is 32.2. The molecule has 0 bridgehead atoms. The predicted octanol–water partition coefficient (Wildman–Crippen LogP) is 2.64. The van der Waals surface area contributed by atoms with Crippen molar-refractivity contribution in [1.82, 2.24) is 9.97 Å². The highest BCUT2D eigenvalue weighted by molar-refractivity contribution is 7.99. The largest absolute Gasteiger partial charge is 0.496 e. The number of hydrogen-bond donors (Lipinski definition) is 1. The summed E-state index contributed by atoms with van der Waals surface area (Å²) in [6, 6.07) is 8.88. The van der Waals surface area contributed by atoms with Crippen molar-refractivity contribution >= 4 is 17.7 Å². The molecule has 19 heavy (non-hydrogen) atoms. The molecule has 98 valence electrons. The van der Waals surface area contributed by atoms with Crippen molar-refractivity contribution in [2.24, 2.45) is 0 Å². The van der Waals surface area contributed by atoms with E-state index in [1.807, 2.05) is 24.3 Å². The van der Waals surface area contributed by atoms with E-state index in [0.717, 1.165) is 4.90 Å². The van der Waals surface area contributed by atoms with Gasteiger partial charge in [-0.1, -0.05) is 12.1 Å². The molecule has 0 spiro atoms. The van der Waals surface area contributed by atoms with Gasteiger partial charge in [-0.15, -0.1) is 0 Å². The Morgan fingerprint density at radius 3 is 2.74 bits per heavy atom. The molecule has 0 aliphatic heterocycles. The van der Waals surface area contributed by atoms with Crippen LogP contribution >= 0.6 is 11.8 Å². The van der Waals surface area contributed by atoms with E-state index in [0.29, 0.717) is 16.6 Å². The van der Waals surface area contributed by atoms with Gasteiger partial charge in [-0.3, -0.25) is 0 Å². The van der Waals surface area contributed by atoms with Crippen LogP contribution in [0.3, 0.4) is 0 Å². The minimum Gasteiger partial charge on any atom is -0.496 e. The van der Waals surface area contributed by atoms with Gasteiger partial charge in [0.15, 0.2) is 10.9 Å². The molecule has 5 nitrogen and oxygen atoms in total. The topological polar surface area (TPSA) is 72.3 Å². The Balaban J connectivity index is 2.35. The van der Waals surface area contributed by atoms with Crippen molar-refractivity contribution < 1.29 is 14.6 Å². The Kier molecular flexibility index (Phi) is 4.01. The van der Waals surface area contributed by atoms with Crippen LogP contribution in [0.4, 0.5) is 0 Å². The molecule has 6 heteroatoms. The van der Waals surface area contributed by atoms with Crippen molar-refractivity contribution in [3.05, 3.63) is 41.7 Å². The number of ether oxygens (including phenoxy) is 1. The van der Waals surface area contributed by atoms with Crippen molar-refractivity contribution in [2.75, 3.05) is 7.11 Å². The summed E-state index contributed by atoms with van der Waals surface area (Å²) in [5, 5.41) is 9.37. The number of hydrogen-bond acceptors (Lipinski definition) is 5. The van der Waals surface area contributed by atoms with Crippen LogP contribution in [0.25, 0.3) is 0 Å². The molecule has 0 amide bonds. The van der Waals surface area contributed by atoms with Crippen molar-refractivity contribution in [3.8, 4) is 5.75 Å². The summed E-state index contributed by atoms with van der Waals surface area (Å²) in [6.07, 6.45) is 0. The lowest BCUT2D eigenvalue weighted by atomic mass is 10.3. The van der Waals surface area contributed by atoms with E-state index >= 15 is 0 Å². The Morgan fingerprint density at radius 1 is 1.32 bits per heavy atom. The van der Waals surface area contributed by atoms with Crippen LogP contribution in [0, 0.1) is 6.92 Å². The highest BCUT2D eigenvalue weighted by Crippen LogP contribution is 2.32. The third kappa shape index (κ3) is 3.23. The minimum atomic E-state index is -1.06. The Labute approximate surface area is 114 Å². The van der Waals surface area contributed by atoms with Crippen LogP contribution in [-0.4, -0.2) is 28.2 Å². The maximum absolute atomic E-state index is 11.0. The normalized spacial score (nSPS) is 10.2. The maximum Gasteiger partial charge on any atom is 0.354 e. The first-order chi connectivity index (χ1) is 9.10. The zero-order chi connectivity index (χ0) is 13.8. The molecule has 0 saturated carbocycles. The van der Waals surface area contributed by atoms with Gasteiger partial charge in [0.05, 0.1) is 12.0 Å². The summed E-state index contributed by atoms with van der Waals surface area (Å²) < 4.78 is 5.23. The number of carbonyl (C=O) groups is 1. The Hall–Kier alpha value is -2.08. The van der Waals surface area contributed by atoms with Gasteiger partial charge >= 0.3 is 5.97 Å². The molecule has 2 aromatic rings.